The molecule has 1 aliphatic rings. The number of benzene rings is 1. The van der Waals surface area contributed by atoms with E-state index in [0.717, 1.165) is 11.1 Å². The minimum absolute atomic E-state index is 0. The van der Waals surface area contributed by atoms with Crippen molar-refractivity contribution in [1.82, 2.24) is 0 Å². The summed E-state index contributed by atoms with van der Waals surface area (Å²) in [6.45, 7) is 0.439. The molecule has 0 amide bonds. The molecule has 1 aromatic rings. The predicted octanol–water partition coefficient (Wildman–Crippen LogP) is 1.34. The molecule has 0 aliphatic carbocycles. The first-order valence-corrected chi connectivity index (χ1v) is 3.86. The Bertz CT molecular complexity index is 351. The van der Waals surface area contributed by atoms with E-state index in [4.69, 9.17) is 9.99 Å². The molecule has 14 heavy (non-hydrogen) atoms. The van der Waals surface area contributed by atoms with Gasteiger partial charge in [-0.2, -0.15) is 0 Å². The number of ether oxygens (including phenoxy) is 1. The van der Waals surface area contributed by atoms with Gasteiger partial charge in [-0.3, -0.25) is 5.26 Å². The third-order valence-electron chi connectivity index (χ3n) is 1.98. The molecule has 73 valence electrons. The smallest absolute Gasteiger partial charge is 0.338 e. The number of carbonyl (C=O) groups excluding carboxylic acids is 1. The van der Waals surface area contributed by atoms with Gasteiger partial charge >= 0.3 is 5.97 Å². The van der Waals surface area contributed by atoms with Crippen molar-refractivity contribution in [2.45, 2.75) is 13.2 Å². The van der Waals surface area contributed by atoms with Gasteiger partial charge in [0.1, 0.15) is 13.2 Å². The molecule has 1 radical (unpaired) electrons. The molecule has 1 heterocycles. The quantitative estimate of drug-likeness (QED) is 0.474. The summed E-state index contributed by atoms with van der Waals surface area (Å²) in [4.78, 5) is 15.0. The second kappa shape index (κ2) is 4.62. The monoisotopic (exact) mass is 231 g/mol. The van der Waals surface area contributed by atoms with Crippen LogP contribution in [-0.4, -0.2) is 11.2 Å². The first kappa shape index (κ1) is 11.3. The van der Waals surface area contributed by atoms with Crippen molar-refractivity contribution in [3.05, 3.63) is 34.9 Å². The van der Waals surface area contributed by atoms with Crippen LogP contribution in [0, 0.1) is 0 Å². The maximum atomic E-state index is 11.0. The Morgan fingerprint density at radius 2 is 2.29 bits per heavy atom. The Morgan fingerprint density at radius 3 is 3.00 bits per heavy atom. The number of carbonyl (C=O) groups is 1. The number of fused-ring (bicyclic) bond motifs is 1. The molecular formula is C9H8O4V. The maximum absolute atomic E-state index is 11.0. The summed E-state index contributed by atoms with van der Waals surface area (Å²) in [6, 6.07) is 5.19. The summed E-state index contributed by atoms with van der Waals surface area (Å²) in [5.41, 5.74) is 2.26. The van der Waals surface area contributed by atoms with Crippen LogP contribution < -0.4 is 0 Å². The van der Waals surface area contributed by atoms with E-state index in [1.807, 2.05) is 0 Å². The summed E-state index contributed by atoms with van der Waals surface area (Å²) >= 11 is 0. The Balaban J connectivity index is 0.000000980. The minimum Gasteiger partial charge on any atom is -0.457 e. The molecule has 1 aliphatic heterocycles. The van der Waals surface area contributed by atoms with Crippen molar-refractivity contribution in [1.29, 1.82) is 0 Å². The first-order chi connectivity index (χ1) is 6.31. The first-order valence-electron chi connectivity index (χ1n) is 3.86. The normalized spacial score (nSPS) is 13.1. The molecule has 0 spiro atoms. The van der Waals surface area contributed by atoms with Crippen molar-refractivity contribution >= 4 is 5.97 Å². The van der Waals surface area contributed by atoms with Gasteiger partial charge in [-0.1, -0.05) is 6.07 Å². The molecule has 1 aromatic carbocycles. The average Bonchev–Trinajstić information content (AvgIpc) is 2.48. The van der Waals surface area contributed by atoms with E-state index in [1.165, 1.54) is 0 Å². The molecular weight excluding hydrogens is 223 g/mol. The number of hydrogen-bond acceptors (Lipinski definition) is 4. The van der Waals surface area contributed by atoms with E-state index in [0.29, 0.717) is 12.2 Å². The number of cyclic esters (lactones) is 1. The summed E-state index contributed by atoms with van der Waals surface area (Å²) in [5, 5.41) is 8.22. The Labute approximate surface area is 92.6 Å². The van der Waals surface area contributed by atoms with Crippen LogP contribution in [0.15, 0.2) is 18.2 Å². The van der Waals surface area contributed by atoms with Gasteiger partial charge in [0.25, 0.3) is 0 Å². The minimum atomic E-state index is -0.286. The van der Waals surface area contributed by atoms with Gasteiger partial charge in [-0.25, -0.2) is 9.68 Å². The van der Waals surface area contributed by atoms with Crippen molar-refractivity contribution in [2.24, 2.45) is 0 Å². The summed E-state index contributed by atoms with van der Waals surface area (Å²) in [6.07, 6.45) is 0. The van der Waals surface area contributed by atoms with E-state index in [-0.39, 0.29) is 31.1 Å². The molecule has 0 fully saturated rings. The molecule has 0 saturated heterocycles. The fourth-order valence-corrected chi connectivity index (χ4v) is 1.35. The van der Waals surface area contributed by atoms with Crippen LogP contribution in [-0.2, 0) is 41.4 Å². The van der Waals surface area contributed by atoms with E-state index >= 15 is 0 Å². The van der Waals surface area contributed by atoms with E-state index in [9.17, 15) is 4.79 Å². The molecule has 5 heteroatoms. The fourth-order valence-electron chi connectivity index (χ4n) is 1.35. The molecule has 0 unspecified atom stereocenters. The molecule has 0 saturated carbocycles. The Hall–Kier alpha value is -0.806. The Kier molecular flexibility index (Phi) is 3.72. The van der Waals surface area contributed by atoms with Crippen LogP contribution in [0.1, 0.15) is 21.5 Å². The third-order valence-corrected chi connectivity index (χ3v) is 1.98. The van der Waals surface area contributed by atoms with Crippen molar-refractivity contribution < 1.29 is 38.2 Å². The van der Waals surface area contributed by atoms with E-state index in [2.05, 4.69) is 4.89 Å². The van der Waals surface area contributed by atoms with Gasteiger partial charge in [0.05, 0.1) is 5.56 Å². The second-order valence-corrected chi connectivity index (χ2v) is 2.84. The van der Waals surface area contributed by atoms with Crippen LogP contribution >= 0.6 is 0 Å². The molecule has 0 bridgehead atoms. The third kappa shape index (κ3) is 1.99. The predicted molar refractivity (Wildman–Crippen MR) is 43.0 cm³/mol. The van der Waals surface area contributed by atoms with Crippen LogP contribution in [0.25, 0.3) is 0 Å². The zero-order valence-electron chi connectivity index (χ0n) is 7.27. The van der Waals surface area contributed by atoms with Crippen LogP contribution in [0.2, 0.25) is 0 Å². The van der Waals surface area contributed by atoms with E-state index in [1.54, 1.807) is 18.2 Å². The van der Waals surface area contributed by atoms with E-state index < -0.39 is 0 Å². The molecule has 1 N–H and O–H groups in total. The van der Waals surface area contributed by atoms with Gasteiger partial charge < -0.3 is 4.74 Å². The largest absolute Gasteiger partial charge is 0.457 e. The average molecular weight is 231 g/mol. The number of hydrogen-bond donors (Lipinski definition) is 1. The van der Waals surface area contributed by atoms with Gasteiger partial charge in [0.15, 0.2) is 0 Å². The van der Waals surface area contributed by atoms with Crippen LogP contribution in [0.5, 0.6) is 0 Å². The van der Waals surface area contributed by atoms with Gasteiger partial charge in [-0.15, -0.1) is 0 Å². The topological polar surface area (TPSA) is 55.8 Å². The summed E-state index contributed by atoms with van der Waals surface area (Å²) < 4.78 is 4.81. The zero-order chi connectivity index (χ0) is 9.26. The Morgan fingerprint density at radius 1 is 1.50 bits per heavy atom. The van der Waals surface area contributed by atoms with Crippen molar-refractivity contribution in [3.8, 4) is 0 Å². The molecule has 2 rings (SSSR count). The maximum Gasteiger partial charge on any atom is 0.338 e. The standard InChI is InChI=1S/C9H8O4.V/c10-9-8-2-1-6(4-13-11)3-7(8)5-12-9;/h1-3,11H,4-5H2;. The second-order valence-electron chi connectivity index (χ2n) is 2.84. The SMILES string of the molecule is O=C1OCc2cc(COO)ccc21.[V]. The summed E-state index contributed by atoms with van der Waals surface area (Å²) in [7, 11) is 0. The van der Waals surface area contributed by atoms with Crippen LogP contribution in [0.4, 0.5) is 0 Å². The number of rotatable bonds is 2. The van der Waals surface area contributed by atoms with Gasteiger partial charge in [0.2, 0.25) is 0 Å². The number of esters is 1. The molecule has 0 atom stereocenters. The summed E-state index contributed by atoms with van der Waals surface area (Å²) in [5.74, 6) is -0.286. The zero-order valence-corrected chi connectivity index (χ0v) is 8.66. The fraction of sp³-hybridized carbons (Fsp3) is 0.222. The van der Waals surface area contributed by atoms with Gasteiger partial charge in [0, 0.05) is 24.1 Å². The van der Waals surface area contributed by atoms with Crippen LogP contribution in [0.3, 0.4) is 0 Å². The molecule has 4 nitrogen and oxygen atoms in total. The van der Waals surface area contributed by atoms with Crippen molar-refractivity contribution in [3.63, 3.8) is 0 Å². The van der Waals surface area contributed by atoms with Gasteiger partial charge in [-0.05, 0) is 17.7 Å². The molecule has 0 aromatic heterocycles. The van der Waals surface area contributed by atoms with Crippen molar-refractivity contribution in [2.75, 3.05) is 0 Å².